The van der Waals surface area contributed by atoms with Crippen LogP contribution in [0.3, 0.4) is 0 Å². The van der Waals surface area contributed by atoms with Gasteiger partial charge in [-0.15, -0.1) is 0 Å². The molecule has 3 rings (SSSR count). The second-order valence-corrected chi connectivity index (χ2v) is 6.36. The summed E-state index contributed by atoms with van der Waals surface area (Å²) >= 11 is 5.30. The monoisotopic (exact) mass is 342 g/mol. The van der Waals surface area contributed by atoms with Gasteiger partial charge in [0.15, 0.2) is 0 Å². The largest absolute Gasteiger partial charge is 0.349 e. The maximum absolute atomic E-state index is 12.3. The molecule has 0 saturated heterocycles. The zero-order chi connectivity index (χ0) is 17.5. The van der Waals surface area contributed by atoms with E-state index in [9.17, 15) is 14.9 Å². The summed E-state index contributed by atoms with van der Waals surface area (Å²) in [4.78, 5) is 27.6. The highest BCUT2D eigenvalue weighted by atomic mass is 32.1. The molecular formula is C16H14N4O3S. The van der Waals surface area contributed by atoms with E-state index in [1.807, 2.05) is 13.8 Å². The van der Waals surface area contributed by atoms with Gasteiger partial charge < -0.3 is 10.6 Å². The standard InChI is InChI=1S/C16H14N4O3S/c1-16(2)10-6-12(18-14(21)9-4-3-5-17-8-9)13(20(22)23)7-11(10)19-15(16)24/h3-8H,1-2H3,(H,18,21)(H,19,24). The van der Waals surface area contributed by atoms with Crippen molar-refractivity contribution < 1.29 is 9.72 Å². The molecule has 0 aliphatic carbocycles. The molecule has 0 spiro atoms. The summed E-state index contributed by atoms with van der Waals surface area (Å²) in [6, 6.07) is 6.21. The number of rotatable bonds is 3. The highest BCUT2D eigenvalue weighted by Gasteiger charge is 2.37. The molecule has 1 aliphatic heterocycles. The van der Waals surface area contributed by atoms with Crippen molar-refractivity contribution in [1.29, 1.82) is 0 Å². The van der Waals surface area contributed by atoms with E-state index in [1.165, 1.54) is 12.3 Å². The van der Waals surface area contributed by atoms with Gasteiger partial charge in [0, 0.05) is 23.9 Å². The van der Waals surface area contributed by atoms with Gasteiger partial charge in [-0.2, -0.15) is 0 Å². The zero-order valence-corrected chi connectivity index (χ0v) is 13.8. The van der Waals surface area contributed by atoms with Crippen molar-refractivity contribution in [1.82, 2.24) is 4.98 Å². The molecule has 0 atom stereocenters. The smallest absolute Gasteiger partial charge is 0.294 e. The van der Waals surface area contributed by atoms with Crippen LogP contribution in [0.15, 0.2) is 36.7 Å². The van der Waals surface area contributed by atoms with Crippen molar-refractivity contribution >= 4 is 40.2 Å². The number of carbonyl (C=O) groups is 1. The van der Waals surface area contributed by atoms with Crippen LogP contribution in [-0.2, 0) is 5.41 Å². The number of nitrogens with zero attached hydrogens (tertiary/aromatic N) is 2. The normalized spacial score (nSPS) is 14.7. The summed E-state index contributed by atoms with van der Waals surface area (Å²) in [6.45, 7) is 3.85. The van der Waals surface area contributed by atoms with Crippen molar-refractivity contribution in [3.05, 3.63) is 57.9 Å². The fraction of sp³-hybridized carbons (Fsp3) is 0.188. The molecule has 24 heavy (non-hydrogen) atoms. The van der Waals surface area contributed by atoms with Crippen LogP contribution in [0.4, 0.5) is 17.1 Å². The zero-order valence-electron chi connectivity index (χ0n) is 13.0. The number of fused-ring (bicyclic) bond motifs is 1. The topological polar surface area (TPSA) is 97.2 Å². The van der Waals surface area contributed by atoms with Crippen molar-refractivity contribution in [3.63, 3.8) is 0 Å². The van der Waals surface area contributed by atoms with Crippen LogP contribution in [-0.4, -0.2) is 20.8 Å². The lowest BCUT2D eigenvalue weighted by Gasteiger charge is -2.18. The Morgan fingerprint density at radius 1 is 1.42 bits per heavy atom. The fourth-order valence-corrected chi connectivity index (χ4v) is 2.77. The van der Waals surface area contributed by atoms with Crippen LogP contribution < -0.4 is 10.6 Å². The molecule has 122 valence electrons. The number of benzene rings is 1. The van der Waals surface area contributed by atoms with Gasteiger partial charge in [0.05, 0.1) is 21.2 Å². The van der Waals surface area contributed by atoms with Crippen molar-refractivity contribution in [2.24, 2.45) is 0 Å². The molecule has 7 nitrogen and oxygen atoms in total. The molecule has 1 aromatic heterocycles. The number of nitrogens with one attached hydrogen (secondary N) is 2. The van der Waals surface area contributed by atoms with Crippen molar-refractivity contribution in [3.8, 4) is 0 Å². The molecule has 0 radical (unpaired) electrons. The van der Waals surface area contributed by atoms with Gasteiger partial charge in [0.1, 0.15) is 5.69 Å². The average Bonchev–Trinajstić information content (AvgIpc) is 2.77. The number of nitro groups is 1. The van der Waals surface area contributed by atoms with Crippen molar-refractivity contribution in [2.45, 2.75) is 19.3 Å². The van der Waals surface area contributed by atoms with E-state index in [4.69, 9.17) is 12.2 Å². The quantitative estimate of drug-likeness (QED) is 0.505. The lowest BCUT2D eigenvalue weighted by Crippen LogP contribution is -2.25. The summed E-state index contributed by atoms with van der Waals surface area (Å²) in [5.41, 5.74) is 1.19. The van der Waals surface area contributed by atoms with Gasteiger partial charge in [-0.1, -0.05) is 12.2 Å². The van der Waals surface area contributed by atoms with Gasteiger partial charge in [0.25, 0.3) is 11.6 Å². The van der Waals surface area contributed by atoms with Gasteiger partial charge in [-0.05, 0) is 37.6 Å². The summed E-state index contributed by atoms with van der Waals surface area (Å²) in [7, 11) is 0. The molecule has 8 heteroatoms. The third-order valence-corrected chi connectivity index (χ3v) is 4.61. The highest BCUT2D eigenvalue weighted by molar-refractivity contribution is 7.80. The first-order valence-corrected chi connectivity index (χ1v) is 7.57. The van der Waals surface area contributed by atoms with E-state index in [0.29, 0.717) is 16.2 Å². The molecule has 0 fully saturated rings. The molecule has 0 saturated carbocycles. The molecule has 2 aromatic rings. The Hall–Kier alpha value is -2.87. The number of carbonyl (C=O) groups excluding carboxylic acids is 1. The van der Waals surface area contributed by atoms with Crippen LogP contribution >= 0.6 is 12.2 Å². The number of hydrogen-bond acceptors (Lipinski definition) is 5. The van der Waals surface area contributed by atoms with E-state index in [-0.39, 0.29) is 11.4 Å². The summed E-state index contributed by atoms with van der Waals surface area (Å²) in [6.07, 6.45) is 2.94. The minimum absolute atomic E-state index is 0.132. The average molecular weight is 342 g/mol. The minimum Gasteiger partial charge on any atom is -0.349 e. The fourth-order valence-electron chi connectivity index (χ4n) is 2.55. The number of hydrogen-bond donors (Lipinski definition) is 2. The van der Waals surface area contributed by atoms with Gasteiger partial charge in [-0.25, -0.2) is 0 Å². The molecule has 1 aliphatic rings. The maximum Gasteiger partial charge on any atom is 0.294 e. The number of aromatic nitrogens is 1. The van der Waals surface area contributed by atoms with Crippen LogP contribution in [0.1, 0.15) is 29.8 Å². The number of pyridine rings is 1. The van der Waals surface area contributed by atoms with E-state index in [1.54, 1.807) is 24.4 Å². The van der Waals surface area contributed by atoms with Crippen molar-refractivity contribution in [2.75, 3.05) is 10.6 Å². The SMILES string of the molecule is CC1(C)C(=S)Nc2cc([N+](=O)[O-])c(NC(=O)c3cccnc3)cc21. The first-order valence-electron chi connectivity index (χ1n) is 7.16. The molecule has 2 N–H and O–H groups in total. The number of nitro benzene ring substituents is 1. The molecule has 0 bridgehead atoms. The van der Waals surface area contributed by atoms with E-state index >= 15 is 0 Å². The Labute approximate surface area is 143 Å². The van der Waals surface area contributed by atoms with E-state index < -0.39 is 16.2 Å². The summed E-state index contributed by atoms with van der Waals surface area (Å²) < 4.78 is 0. The lowest BCUT2D eigenvalue weighted by atomic mass is 9.86. The second-order valence-electron chi connectivity index (χ2n) is 5.95. The maximum atomic E-state index is 12.3. The van der Waals surface area contributed by atoms with Crippen LogP contribution in [0.25, 0.3) is 0 Å². The van der Waals surface area contributed by atoms with Crippen LogP contribution in [0.5, 0.6) is 0 Å². The molecule has 1 amide bonds. The third-order valence-electron chi connectivity index (χ3n) is 3.99. The van der Waals surface area contributed by atoms with Gasteiger partial charge in [0.2, 0.25) is 0 Å². The Morgan fingerprint density at radius 2 is 2.17 bits per heavy atom. The van der Waals surface area contributed by atoms with Crippen LogP contribution in [0.2, 0.25) is 0 Å². The molecular weight excluding hydrogens is 328 g/mol. The number of anilines is 2. The van der Waals surface area contributed by atoms with Crippen LogP contribution in [0, 0.1) is 10.1 Å². The highest BCUT2D eigenvalue weighted by Crippen LogP contribution is 2.43. The van der Waals surface area contributed by atoms with Gasteiger partial charge in [-0.3, -0.25) is 19.9 Å². The predicted octanol–water partition coefficient (Wildman–Crippen LogP) is 3.27. The summed E-state index contributed by atoms with van der Waals surface area (Å²) in [5, 5.41) is 17.0. The molecule has 0 unspecified atom stereocenters. The third kappa shape index (κ3) is 2.61. The Kier molecular flexibility index (Phi) is 3.76. The first-order chi connectivity index (χ1) is 11.3. The van der Waals surface area contributed by atoms with E-state index in [0.717, 1.165) is 5.56 Å². The Morgan fingerprint density at radius 3 is 2.79 bits per heavy atom. The Balaban J connectivity index is 2.04. The minimum atomic E-state index is -0.533. The number of amides is 1. The number of thiocarbonyl (C=S) groups is 1. The first kappa shape index (κ1) is 16.0. The molecule has 2 heterocycles. The second kappa shape index (κ2) is 5.64. The summed E-state index contributed by atoms with van der Waals surface area (Å²) in [5.74, 6) is -0.461. The molecule has 1 aromatic carbocycles. The lowest BCUT2D eigenvalue weighted by molar-refractivity contribution is -0.383. The van der Waals surface area contributed by atoms with Gasteiger partial charge >= 0.3 is 0 Å². The van der Waals surface area contributed by atoms with E-state index in [2.05, 4.69) is 15.6 Å². The Bertz CT molecular complexity index is 865. The predicted molar refractivity (Wildman–Crippen MR) is 94.5 cm³/mol.